The van der Waals surface area contributed by atoms with Crippen molar-refractivity contribution in [2.24, 2.45) is 5.10 Å². The quantitative estimate of drug-likeness (QED) is 0.431. The van der Waals surface area contributed by atoms with Gasteiger partial charge in [0.2, 0.25) is 0 Å². The fraction of sp³-hybridized carbons (Fsp3) is 0.182. The summed E-state index contributed by atoms with van der Waals surface area (Å²) >= 11 is 6.17. The van der Waals surface area contributed by atoms with E-state index in [1.807, 2.05) is 36.6 Å². The molecule has 0 atom stereocenters. The van der Waals surface area contributed by atoms with Crippen LogP contribution in [0.1, 0.15) is 17.0 Å². The molecule has 0 saturated heterocycles. The Bertz CT molecular complexity index is 1080. The molecule has 8 heteroatoms. The van der Waals surface area contributed by atoms with Crippen LogP contribution in [-0.2, 0) is 4.79 Å². The first-order valence-electron chi connectivity index (χ1n) is 9.23. The van der Waals surface area contributed by atoms with Gasteiger partial charge in [-0.15, -0.1) is 0 Å². The molecule has 3 aromatic rings. The lowest BCUT2D eigenvalue weighted by atomic mass is 10.2. The van der Waals surface area contributed by atoms with E-state index in [2.05, 4.69) is 15.8 Å². The lowest BCUT2D eigenvalue weighted by Gasteiger charge is -2.14. The summed E-state index contributed by atoms with van der Waals surface area (Å²) in [6, 6.07) is 13.2. The van der Waals surface area contributed by atoms with Crippen molar-refractivity contribution in [1.29, 1.82) is 0 Å². The SMILES string of the molecule is COc1ccc(Cl)cc1-n1c(C)cc(/C=N\NC(=O)CNc2ccc(F)cc2)c1C. The highest BCUT2D eigenvalue weighted by molar-refractivity contribution is 6.30. The second-order valence-electron chi connectivity index (χ2n) is 6.63. The van der Waals surface area contributed by atoms with E-state index in [4.69, 9.17) is 16.3 Å². The average molecular weight is 429 g/mol. The molecule has 0 unspecified atom stereocenters. The Morgan fingerprint density at radius 2 is 1.93 bits per heavy atom. The van der Waals surface area contributed by atoms with Crippen LogP contribution in [0.2, 0.25) is 5.02 Å². The molecule has 0 spiro atoms. The Morgan fingerprint density at radius 3 is 2.63 bits per heavy atom. The fourth-order valence-corrected chi connectivity index (χ4v) is 3.26. The van der Waals surface area contributed by atoms with Crippen molar-refractivity contribution in [2.45, 2.75) is 13.8 Å². The van der Waals surface area contributed by atoms with E-state index in [0.717, 1.165) is 22.6 Å². The second kappa shape index (κ2) is 9.45. The van der Waals surface area contributed by atoms with E-state index in [-0.39, 0.29) is 18.3 Å². The average Bonchev–Trinajstić information content (AvgIpc) is 3.00. The first-order chi connectivity index (χ1) is 14.4. The zero-order valence-electron chi connectivity index (χ0n) is 16.9. The van der Waals surface area contributed by atoms with E-state index in [1.54, 1.807) is 31.5 Å². The van der Waals surface area contributed by atoms with Crippen LogP contribution in [0.3, 0.4) is 0 Å². The lowest BCUT2D eigenvalue weighted by molar-refractivity contribution is -0.119. The van der Waals surface area contributed by atoms with Crippen molar-refractivity contribution >= 4 is 29.4 Å². The summed E-state index contributed by atoms with van der Waals surface area (Å²) in [7, 11) is 1.61. The van der Waals surface area contributed by atoms with Gasteiger partial charge in [-0.3, -0.25) is 4.79 Å². The number of carbonyl (C=O) groups is 1. The van der Waals surface area contributed by atoms with Gasteiger partial charge < -0.3 is 14.6 Å². The first-order valence-corrected chi connectivity index (χ1v) is 9.61. The summed E-state index contributed by atoms with van der Waals surface area (Å²) in [6.45, 7) is 3.93. The number of amides is 1. The Morgan fingerprint density at radius 1 is 1.20 bits per heavy atom. The van der Waals surface area contributed by atoms with Crippen LogP contribution >= 0.6 is 11.6 Å². The first kappa shape index (κ1) is 21.4. The topological polar surface area (TPSA) is 67.6 Å². The van der Waals surface area contributed by atoms with Gasteiger partial charge in [-0.25, -0.2) is 9.82 Å². The van der Waals surface area contributed by atoms with E-state index in [1.165, 1.54) is 12.1 Å². The van der Waals surface area contributed by atoms with Gasteiger partial charge in [-0.2, -0.15) is 5.10 Å². The highest BCUT2D eigenvalue weighted by Crippen LogP contribution is 2.30. The molecular formula is C22H22ClFN4O2. The predicted octanol–water partition coefficient (Wildman–Crippen LogP) is 4.46. The summed E-state index contributed by atoms with van der Waals surface area (Å²) in [6.07, 6.45) is 1.59. The normalized spacial score (nSPS) is 11.0. The third-order valence-corrected chi connectivity index (χ3v) is 4.78. The minimum atomic E-state index is -0.331. The van der Waals surface area contributed by atoms with Crippen LogP contribution in [0.5, 0.6) is 5.75 Å². The maximum absolute atomic E-state index is 12.9. The summed E-state index contributed by atoms with van der Waals surface area (Å²) in [5, 5.41) is 7.55. The number of halogens is 2. The summed E-state index contributed by atoms with van der Waals surface area (Å²) in [5.74, 6) is 0.0494. The molecule has 2 N–H and O–H groups in total. The molecule has 3 rings (SSSR count). The number of hydrazone groups is 1. The van der Waals surface area contributed by atoms with E-state index >= 15 is 0 Å². The smallest absolute Gasteiger partial charge is 0.259 e. The minimum absolute atomic E-state index is 0.0156. The van der Waals surface area contributed by atoms with Crippen LogP contribution in [0.25, 0.3) is 5.69 Å². The number of aromatic nitrogens is 1. The number of rotatable bonds is 7. The van der Waals surface area contributed by atoms with Crippen molar-refractivity contribution in [2.75, 3.05) is 19.0 Å². The van der Waals surface area contributed by atoms with Crippen LogP contribution in [0, 0.1) is 19.7 Å². The number of hydrogen-bond acceptors (Lipinski definition) is 4. The van der Waals surface area contributed by atoms with Gasteiger partial charge in [-0.05, 0) is 62.4 Å². The zero-order chi connectivity index (χ0) is 21.7. The molecule has 0 bridgehead atoms. The van der Waals surface area contributed by atoms with Crippen molar-refractivity contribution in [3.63, 3.8) is 0 Å². The lowest BCUT2D eigenvalue weighted by Crippen LogP contribution is -2.25. The van der Waals surface area contributed by atoms with Gasteiger partial charge in [0.25, 0.3) is 5.91 Å². The third-order valence-electron chi connectivity index (χ3n) is 4.54. The van der Waals surface area contributed by atoms with Crippen LogP contribution < -0.4 is 15.5 Å². The number of hydrogen-bond donors (Lipinski definition) is 2. The Hall–Kier alpha value is -3.32. The second-order valence-corrected chi connectivity index (χ2v) is 7.07. The number of ether oxygens (including phenoxy) is 1. The van der Waals surface area contributed by atoms with E-state index < -0.39 is 0 Å². The standard InChI is InChI=1S/C22H22ClFN4O2/c1-14-10-16(15(2)28(14)20-11-17(23)4-9-21(20)30-3)12-26-27-22(29)13-25-19-7-5-18(24)6-8-19/h4-12,25H,13H2,1-3H3,(H,27,29)/b26-12-. The van der Waals surface area contributed by atoms with Gasteiger partial charge in [0.15, 0.2) is 0 Å². The number of anilines is 1. The Kier molecular flexibility index (Phi) is 6.74. The zero-order valence-corrected chi connectivity index (χ0v) is 17.6. The van der Waals surface area contributed by atoms with Gasteiger partial charge in [0.05, 0.1) is 25.6 Å². The number of aryl methyl sites for hydroxylation is 1. The Balaban J connectivity index is 1.68. The van der Waals surface area contributed by atoms with E-state index in [9.17, 15) is 9.18 Å². The molecule has 1 heterocycles. The predicted molar refractivity (Wildman–Crippen MR) is 117 cm³/mol. The van der Waals surface area contributed by atoms with Crippen LogP contribution in [0.4, 0.5) is 10.1 Å². The van der Waals surface area contributed by atoms with Crippen molar-refractivity contribution < 1.29 is 13.9 Å². The van der Waals surface area contributed by atoms with Crippen molar-refractivity contribution in [3.8, 4) is 11.4 Å². The molecule has 6 nitrogen and oxygen atoms in total. The highest BCUT2D eigenvalue weighted by atomic mass is 35.5. The molecule has 0 aliphatic heterocycles. The maximum Gasteiger partial charge on any atom is 0.259 e. The van der Waals surface area contributed by atoms with Crippen LogP contribution in [-0.4, -0.2) is 30.3 Å². The summed E-state index contributed by atoms with van der Waals surface area (Å²) < 4.78 is 20.4. The number of nitrogens with one attached hydrogen (secondary N) is 2. The van der Waals surface area contributed by atoms with Gasteiger partial charge in [0, 0.05) is 27.7 Å². The van der Waals surface area contributed by atoms with Gasteiger partial charge in [0.1, 0.15) is 11.6 Å². The number of benzene rings is 2. The molecule has 156 valence electrons. The number of carbonyl (C=O) groups excluding carboxylic acids is 1. The molecule has 1 aromatic heterocycles. The minimum Gasteiger partial charge on any atom is -0.495 e. The molecule has 0 saturated carbocycles. The summed E-state index contributed by atoms with van der Waals surface area (Å²) in [5.41, 5.74) is 6.70. The summed E-state index contributed by atoms with van der Waals surface area (Å²) in [4.78, 5) is 12.0. The molecule has 1 amide bonds. The molecular weight excluding hydrogens is 407 g/mol. The maximum atomic E-state index is 12.9. The van der Waals surface area contributed by atoms with Crippen molar-refractivity contribution in [1.82, 2.24) is 9.99 Å². The Labute approximate surface area is 179 Å². The number of methoxy groups -OCH3 is 1. The van der Waals surface area contributed by atoms with E-state index in [0.29, 0.717) is 16.5 Å². The number of nitrogens with zero attached hydrogens (tertiary/aromatic N) is 2. The van der Waals surface area contributed by atoms with Gasteiger partial charge >= 0.3 is 0 Å². The van der Waals surface area contributed by atoms with Crippen LogP contribution in [0.15, 0.2) is 53.6 Å². The largest absolute Gasteiger partial charge is 0.495 e. The molecule has 0 fully saturated rings. The molecule has 0 aliphatic carbocycles. The third kappa shape index (κ3) is 4.99. The molecule has 0 radical (unpaired) electrons. The van der Waals surface area contributed by atoms with Crippen molar-refractivity contribution in [3.05, 3.63) is 76.3 Å². The molecule has 0 aliphatic rings. The fourth-order valence-electron chi connectivity index (χ4n) is 3.09. The molecule has 2 aromatic carbocycles. The highest BCUT2D eigenvalue weighted by Gasteiger charge is 2.14. The molecule has 30 heavy (non-hydrogen) atoms. The monoisotopic (exact) mass is 428 g/mol. The van der Waals surface area contributed by atoms with Gasteiger partial charge in [-0.1, -0.05) is 11.6 Å².